The maximum absolute atomic E-state index is 9.81. The zero-order valence-corrected chi connectivity index (χ0v) is 10.0. The summed E-state index contributed by atoms with van der Waals surface area (Å²) >= 11 is 0. The summed E-state index contributed by atoms with van der Waals surface area (Å²) in [5.74, 6) is -0.713. The molecule has 0 aromatic rings. The van der Waals surface area contributed by atoms with Crippen LogP contribution in [0, 0.1) is 0 Å². The molecule has 0 N–H and O–H groups in total. The number of hydrogen-bond acceptors (Lipinski definition) is 3. The molecule has 0 rings (SSSR count). The fourth-order valence-corrected chi connectivity index (χ4v) is 0.903. The van der Waals surface area contributed by atoms with Crippen molar-refractivity contribution in [1.29, 1.82) is 0 Å². The maximum Gasteiger partial charge on any atom is 0.235 e. The van der Waals surface area contributed by atoms with Gasteiger partial charge in [0.2, 0.25) is 13.7 Å². The molecule has 0 saturated heterocycles. The Morgan fingerprint density at radius 1 is 1.21 bits per heavy atom. The van der Waals surface area contributed by atoms with Gasteiger partial charge in [-0.15, -0.1) is 0 Å². The van der Waals surface area contributed by atoms with Crippen molar-refractivity contribution in [2.75, 3.05) is 19.6 Å². The highest BCUT2D eigenvalue weighted by Crippen LogP contribution is 1.85. The second kappa shape index (κ2) is 10.6. The van der Waals surface area contributed by atoms with Gasteiger partial charge in [-0.1, -0.05) is 20.8 Å². The predicted molar refractivity (Wildman–Crippen MR) is 60.8 cm³/mol. The van der Waals surface area contributed by atoms with Gasteiger partial charge in [0.05, 0.1) is 6.10 Å². The summed E-state index contributed by atoms with van der Waals surface area (Å²) in [5.41, 5.74) is 0. The third-order valence-corrected chi connectivity index (χ3v) is 1.69. The van der Waals surface area contributed by atoms with E-state index in [0.29, 0.717) is 0 Å². The van der Waals surface area contributed by atoms with Gasteiger partial charge in [-0.05, 0) is 33.5 Å². The minimum atomic E-state index is -0.713. The maximum atomic E-state index is 9.81. The summed E-state index contributed by atoms with van der Waals surface area (Å²) in [7, 11) is 4.63. The van der Waals surface area contributed by atoms with Crippen molar-refractivity contribution in [2.24, 2.45) is 0 Å². The molecule has 0 amide bonds. The van der Waals surface area contributed by atoms with Crippen LogP contribution in [-0.4, -0.2) is 44.4 Å². The minimum Gasteiger partial charge on any atom is -0.472 e. The highest BCUT2D eigenvalue weighted by Gasteiger charge is 1.93. The summed E-state index contributed by atoms with van der Waals surface area (Å²) in [4.78, 5) is 12.2. The van der Waals surface area contributed by atoms with Crippen molar-refractivity contribution in [3.05, 3.63) is 0 Å². The SMILES string of the molecule is CCN(CC)CC.[B]C(=O)OC(C)C. The zero-order chi connectivity index (χ0) is 11.6. The Morgan fingerprint density at radius 2 is 1.57 bits per heavy atom. The van der Waals surface area contributed by atoms with E-state index in [9.17, 15) is 4.79 Å². The highest BCUT2D eigenvalue weighted by molar-refractivity contribution is 6.55. The number of nitrogens with zero attached hydrogens (tertiary/aromatic N) is 1. The van der Waals surface area contributed by atoms with E-state index in [0.717, 1.165) is 0 Å². The van der Waals surface area contributed by atoms with Crippen LogP contribution >= 0.6 is 0 Å². The van der Waals surface area contributed by atoms with Gasteiger partial charge in [0.25, 0.3) is 0 Å². The molecule has 2 radical (unpaired) electrons. The molecule has 0 heterocycles. The van der Waals surface area contributed by atoms with E-state index in [1.165, 1.54) is 19.6 Å². The molecule has 0 aromatic heterocycles. The summed E-state index contributed by atoms with van der Waals surface area (Å²) in [6, 6.07) is 0. The molecular formula is C10H22BNO2. The van der Waals surface area contributed by atoms with E-state index in [1.807, 2.05) is 0 Å². The number of carbonyl (C=O) groups is 1. The Morgan fingerprint density at radius 3 is 1.57 bits per heavy atom. The van der Waals surface area contributed by atoms with Gasteiger partial charge < -0.3 is 9.64 Å². The first-order chi connectivity index (χ1) is 6.47. The average Bonchev–Trinajstić information content (AvgIpc) is 2.06. The van der Waals surface area contributed by atoms with Crippen LogP contribution in [0.1, 0.15) is 34.6 Å². The molecule has 82 valence electrons. The molecule has 0 spiro atoms. The second-order valence-electron chi connectivity index (χ2n) is 3.11. The summed E-state index contributed by atoms with van der Waals surface area (Å²) < 4.78 is 4.39. The van der Waals surface area contributed by atoms with Gasteiger partial charge >= 0.3 is 0 Å². The quantitative estimate of drug-likeness (QED) is 0.649. The molecule has 4 heteroatoms. The first kappa shape index (κ1) is 15.9. The lowest BCUT2D eigenvalue weighted by Gasteiger charge is -2.13. The predicted octanol–water partition coefficient (Wildman–Crippen LogP) is 2.05. The Bertz CT molecular complexity index is 131. The monoisotopic (exact) mass is 199 g/mol. The molecule has 0 atom stereocenters. The van der Waals surface area contributed by atoms with Gasteiger partial charge in [-0.2, -0.15) is 0 Å². The van der Waals surface area contributed by atoms with Crippen LogP contribution in [0.2, 0.25) is 0 Å². The van der Waals surface area contributed by atoms with Crippen molar-refractivity contribution < 1.29 is 9.53 Å². The van der Waals surface area contributed by atoms with Crippen LogP contribution < -0.4 is 0 Å². The first-order valence-corrected chi connectivity index (χ1v) is 5.16. The third-order valence-electron chi connectivity index (χ3n) is 1.69. The molecular weight excluding hydrogens is 177 g/mol. The average molecular weight is 199 g/mol. The number of carbonyl (C=O) groups excluding carboxylic acids is 1. The Hall–Kier alpha value is -0.505. The van der Waals surface area contributed by atoms with Crippen LogP contribution in [0.3, 0.4) is 0 Å². The Kier molecular flexibility index (Phi) is 12.0. The van der Waals surface area contributed by atoms with Crippen LogP contribution in [0.4, 0.5) is 4.79 Å². The Labute approximate surface area is 89.2 Å². The first-order valence-electron chi connectivity index (χ1n) is 5.16. The normalized spacial score (nSPS) is 9.64. The summed E-state index contributed by atoms with van der Waals surface area (Å²) in [6.07, 6.45) is -0.0995. The van der Waals surface area contributed by atoms with Gasteiger partial charge in [0, 0.05) is 0 Å². The molecule has 0 bridgehead atoms. The van der Waals surface area contributed by atoms with Crippen LogP contribution in [0.15, 0.2) is 0 Å². The van der Waals surface area contributed by atoms with E-state index in [-0.39, 0.29) is 6.10 Å². The fraction of sp³-hybridized carbons (Fsp3) is 0.900. The molecule has 0 aliphatic rings. The van der Waals surface area contributed by atoms with Crippen LogP contribution in [0.5, 0.6) is 0 Å². The smallest absolute Gasteiger partial charge is 0.235 e. The van der Waals surface area contributed by atoms with E-state index < -0.39 is 5.87 Å². The summed E-state index contributed by atoms with van der Waals surface area (Å²) in [5, 5.41) is 0. The van der Waals surface area contributed by atoms with Gasteiger partial charge in [0.1, 0.15) is 0 Å². The van der Waals surface area contributed by atoms with E-state index >= 15 is 0 Å². The second-order valence-corrected chi connectivity index (χ2v) is 3.11. The van der Waals surface area contributed by atoms with Gasteiger partial charge in [0.15, 0.2) is 0 Å². The topological polar surface area (TPSA) is 29.5 Å². The number of ether oxygens (including phenoxy) is 1. The van der Waals surface area contributed by atoms with Crippen molar-refractivity contribution in [3.8, 4) is 0 Å². The largest absolute Gasteiger partial charge is 0.472 e. The molecule has 3 nitrogen and oxygen atoms in total. The van der Waals surface area contributed by atoms with Crippen molar-refractivity contribution >= 4 is 13.7 Å². The molecule has 0 aliphatic carbocycles. The van der Waals surface area contributed by atoms with Gasteiger partial charge in [-0.25, -0.2) is 0 Å². The molecule has 0 saturated carbocycles. The van der Waals surface area contributed by atoms with Crippen molar-refractivity contribution in [1.82, 2.24) is 4.90 Å². The third kappa shape index (κ3) is 14.0. The lowest BCUT2D eigenvalue weighted by molar-refractivity contribution is 0.141. The van der Waals surface area contributed by atoms with Gasteiger partial charge in [-0.3, -0.25) is 4.79 Å². The molecule has 0 unspecified atom stereocenters. The zero-order valence-electron chi connectivity index (χ0n) is 10.0. The summed E-state index contributed by atoms with van der Waals surface area (Å²) in [6.45, 7) is 13.6. The lowest BCUT2D eigenvalue weighted by Crippen LogP contribution is -2.21. The van der Waals surface area contributed by atoms with Crippen molar-refractivity contribution in [2.45, 2.75) is 40.7 Å². The van der Waals surface area contributed by atoms with E-state index in [1.54, 1.807) is 13.8 Å². The molecule has 0 aromatic carbocycles. The molecule has 0 aliphatic heterocycles. The highest BCUT2D eigenvalue weighted by atomic mass is 16.5. The number of rotatable bonds is 4. The standard InChI is InChI=1S/C6H15N.C4H7BO2/c1-4-7(5-2)6-3;1-3(2)7-4(5)6/h4-6H2,1-3H3;3H,1-2H3. The lowest BCUT2D eigenvalue weighted by atomic mass is 10.2. The van der Waals surface area contributed by atoms with Crippen LogP contribution in [-0.2, 0) is 4.74 Å². The number of hydrogen-bond donors (Lipinski definition) is 0. The van der Waals surface area contributed by atoms with E-state index in [2.05, 4.69) is 38.3 Å². The minimum absolute atomic E-state index is 0.0995. The molecule has 0 fully saturated rings. The molecule has 14 heavy (non-hydrogen) atoms. The van der Waals surface area contributed by atoms with Crippen molar-refractivity contribution in [3.63, 3.8) is 0 Å². The van der Waals surface area contributed by atoms with E-state index in [4.69, 9.17) is 0 Å². The van der Waals surface area contributed by atoms with Crippen LogP contribution in [0.25, 0.3) is 0 Å². The fourth-order valence-electron chi connectivity index (χ4n) is 0.903. The Balaban J connectivity index is 0.